The van der Waals surface area contributed by atoms with Crippen molar-refractivity contribution in [1.82, 2.24) is 0 Å². The zero-order valence-corrected chi connectivity index (χ0v) is 7.85. The van der Waals surface area contributed by atoms with Gasteiger partial charge in [0.05, 0.1) is 11.8 Å². The molecule has 4 nitrogen and oxygen atoms in total. The van der Waals surface area contributed by atoms with Gasteiger partial charge in [-0.2, -0.15) is 0 Å². The Hall–Kier alpha value is -1.06. The van der Waals surface area contributed by atoms with Crippen molar-refractivity contribution in [2.45, 2.75) is 25.7 Å². The van der Waals surface area contributed by atoms with Gasteiger partial charge in [-0.15, -0.1) is 0 Å². The van der Waals surface area contributed by atoms with Crippen LogP contribution in [-0.2, 0) is 9.59 Å². The van der Waals surface area contributed by atoms with Gasteiger partial charge in [0.15, 0.2) is 0 Å². The van der Waals surface area contributed by atoms with E-state index in [0.29, 0.717) is 12.8 Å². The summed E-state index contributed by atoms with van der Waals surface area (Å²) in [6.07, 6.45) is 2.92. The van der Waals surface area contributed by atoms with Crippen molar-refractivity contribution in [2.24, 2.45) is 23.7 Å². The zero-order valence-electron chi connectivity index (χ0n) is 7.85. The van der Waals surface area contributed by atoms with E-state index in [1.54, 1.807) is 0 Å². The molecule has 14 heavy (non-hydrogen) atoms. The van der Waals surface area contributed by atoms with Crippen LogP contribution < -0.4 is 0 Å². The normalized spacial score (nSPS) is 40.9. The Bertz CT molecular complexity index is 245. The number of hydrogen-bond acceptors (Lipinski definition) is 2. The highest BCUT2D eigenvalue weighted by molar-refractivity contribution is 5.74. The van der Waals surface area contributed by atoms with Gasteiger partial charge in [-0.3, -0.25) is 9.59 Å². The van der Waals surface area contributed by atoms with E-state index in [2.05, 4.69) is 0 Å². The lowest BCUT2D eigenvalue weighted by Crippen LogP contribution is -2.43. The summed E-state index contributed by atoms with van der Waals surface area (Å²) in [5.74, 6) is -1.88. The number of fused-ring (bicyclic) bond motifs is 3. The molecule has 78 valence electrons. The van der Waals surface area contributed by atoms with Crippen LogP contribution >= 0.6 is 0 Å². The van der Waals surface area contributed by atoms with Gasteiger partial charge in [0.25, 0.3) is 0 Å². The van der Waals surface area contributed by atoms with Crippen LogP contribution in [0.1, 0.15) is 25.7 Å². The molecule has 3 saturated carbocycles. The number of hydrogen-bond donors (Lipinski definition) is 2. The third kappa shape index (κ3) is 1.38. The van der Waals surface area contributed by atoms with E-state index in [-0.39, 0.29) is 23.7 Å². The molecule has 0 radical (unpaired) electrons. The van der Waals surface area contributed by atoms with Crippen molar-refractivity contribution in [1.29, 1.82) is 0 Å². The standard InChI is InChI=1S/C10H14O4/c11-9(12)7-4-6-2-1-5(7)3-8(6)10(13)14/h5-8H,1-4H2,(H,11,12)(H,13,14)/t5-,6-,7-,8-/m1/s1. The van der Waals surface area contributed by atoms with Gasteiger partial charge in [-0.1, -0.05) is 0 Å². The molecule has 0 heterocycles. The Morgan fingerprint density at radius 3 is 1.43 bits per heavy atom. The number of rotatable bonds is 2. The number of carboxylic acids is 2. The first-order valence-corrected chi connectivity index (χ1v) is 5.05. The molecule has 0 saturated heterocycles. The Labute approximate surface area is 81.9 Å². The van der Waals surface area contributed by atoms with Crippen molar-refractivity contribution in [3.63, 3.8) is 0 Å². The average Bonchev–Trinajstić information content (AvgIpc) is 2.18. The van der Waals surface area contributed by atoms with Crippen LogP contribution in [0.3, 0.4) is 0 Å². The second kappa shape index (κ2) is 3.26. The lowest BCUT2D eigenvalue weighted by atomic mass is 9.60. The molecular formula is C10H14O4. The molecule has 3 aliphatic carbocycles. The highest BCUT2D eigenvalue weighted by atomic mass is 16.4. The SMILES string of the molecule is O=C(O)[C@@H]1C[C@H]2CC[C@@H]1C[C@H]2C(=O)O. The maximum Gasteiger partial charge on any atom is 0.306 e. The molecule has 4 atom stereocenters. The fourth-order valence-electron chi connectivity index (χ4n) is 3.04. The molecule has 3 aliphatic rings. The summed E-state index contributed by atoms with van der Waals surface area (Å²) < 4.78 is 0. The van der Waals surface area contributed by atoms with Gasteiger partial charge in [0.1, 0.15) is 0 Å². The summed E-state index contributed by atoms with van der Waals surface area (Å²) in [7, 11) is 0. The number of carboxylic acid groups (broad SMARTS) is 2. The minimum atomic E-state index is -0.747. The molecule has 4 heteroatoms. The van der Waals surface area contributed by atoms with E-state index in [9.17, 15) is 9.59 Å². The lowest BCUT2D eigenvalue weighted by Gasteiger charge is -2.43. The van der Waals surface area contributed by atoms with E-state index in [1.165, 1.54) is 0 Å². The number of aliphatic carboxylic acids is 2. The predicted octanol–water partition coefficient (Wildman–Crippen LogP) is 1.21. The average molecular weight is 198 g/mol. The zero-order chi connectivity index (χ0) is 10.3. The van der Waals surface area contributed by atoms with Crippen LogP contribution in [0.2, 0.25) is 0 Å². The third-order valence-electron chi connectivity index (χ3n) is 3.79. The summed E-state index contributed by atoms with van der Waals surface area (Å²) in [5, 5.41) is 17.9. The molecule has 0 aliphatic heterocycles. The first kappa shape index (κ1) is 9.49. The van der Waals surface area contributed by atoms with E-state index in [4.69, 9.17) is 10.2 Å². The Kier molecular flexibility index (Phi) is 2.21. The van der Waals surface area contributed by atoms with E-state index in [1.807, 2.05) is 0 Å². The topological polar surface area (TPSA) is 74.6 Å². The molecule has 2 N–H and O–H groups in total. The summed E-state index contributed by atoms with van der Waals surface area (Å²) in [4.78, 5) is 21.7. The molecule has 0 aromatic heterocycles. The predicted molar refractivity (Wildman–Crippen MR) is 47.7 cm³/mol. The van der Waals surface area contributed by atoms with Gasteiger partial charge in [0.2, 0.25) is 0 Å². The molecule has 0 spiro atoms. The van der Waals surface area contributed by atoms with Crippen LogP contribution in [-0.4, -0.2) is 22.2 Å². The van der Waals surface area contributed by atoms with Crippen molar-refractivity contribution in [2.75, 3.05) is 0 Å². The highest BCUT2D eigenvalue weighted by Crippen LogP contribution is 2.48. The first-order valence-electron chi connectivity index (χ1n) is 5.05. The van der Waals surface area contributed by atoms with Gasteiger partial charge < -0.3 is 10.2 Å². The molecule has 3 fully saturated rings. The molecule has 3 rings (SSSR count). The molecule has 0 amide bonds. The molecular weight excluding hydrogens is 184 g/mol. The largest absolute Gasteiger partial charge is 0.481 e. The summed E-state index contributed by atoms with van der Waals surface area (Å²) in [5.41, 5.74) is 0. The Balaban J connectivity index is 2.12. The van der Waals surface area contributed by atoms with Crippen molar-refractivity contribution in [3.05, 3.63) is 0 Å². The van der Waals surface area contributed by atoms with Crippen molar-refractivity contribution >= 4 is 11.9 Å². The van der Waals surface area contributed by atoms with Crippen LogP contribution in [0.5, 0.6) is 0 Å². The van der Waals surface area contributed by atoms with Crippen molar-refractivity contribution in [3.8, 4) is 0 Å². The fourth-order valence-corrected chi connectivity index (χ4v) is 3.04. The summed E-state index contributed by atoms with van der Waals surface area (Å²) in [6, 6.07) is 0. The molecule has 0 aromatic carbocycles. The second-order valence-corrected chi connectivity index (χ2v) is 4.46. The van der Waals surface area contributed by atoms with Gasteiger partial charge in [-0.25, -0.2) is 0 Å². The maximum absolute atomic E-state index is 10.9. The third-order valence-corrected chi connectivity index (χ3v) is 3.79. The quantitative estimate of drug-likeness (QED) is 0.699. The Morgan fingerprint density at radius 2 is 1.21 bits per heavy atom. The minimum absolute atomic E-state index is 0.0959. The number of carbonyl (C=O) groups is 2. The van der Waals surface area contributed by atoms with Gasteiger partial charge in [-0.05, 0) is 37.5 Å². The van der Waals surface area contributed by atoms with Gasteiger partial charge >= 0.3 is 11.9 Å². The lowest BCUT2D eigenvalue weighted by molar-refractivity contribution is -0.157. The van der Waals surface area contributed by atoms with Crippen LogP contribution in [0.15, 0.2) is 0 Å². The van der Waals surface area contributed by atoms with E-state index < -0.39 is 11.9 Å². The van der Waals surface area contributed by atoms with E-state index in [0.717, 1.165) is 12.8 Å². The Morgan fingerprint density at radius 1 is 0.857 bits per heavy atom. The fraction of sp³-hybridized carbons (Fsp3) is 0.800. The molecule has 2 bridgehead atoms. The minimum Gasteiger partial charge on any atom is -0.481 e. The summed E-state index contributed by atoms with van der Waals surface area (Å²) in [6.45, 7) is 0. The van der Waals surface area contributed by atoms with Crippen LogP contribution in [0, 0.1) is 23.7 Å². The van der Waals surface area contributed by atoms with E-state index >= 15 is 0 Å². The molecule has 0 unspecified atom stereocenters. The summed E-state index contributed by atoms with van der Waals surface area (Å²) >= 11 is 0. The monoisotopic (exact) mass is 198 g/mol. The first-order chi connectivity index (χ1) is 6.59. The highest BCUT2D eigenvalue weighted by Gasteiger charge is 2.47. The second-order valence-electron chi connectivity index (χ2n) is 4.46. The van der Waals surface area contributed by atoms with Gasteiger partial charge in [0, 0.05) is 0 Å². The smallest absolute Gasteiger partial charge is 0.306 e. The van der Waals surface area contributed by atoms with Crippen molar-refractivity contribution < 1.29 is 19.8 Å². The van der Waals surface area contributed by atoms with Crippen LogP contribution in [0.25, 0.3) is 0 Å². The van der Waals surface area contributed by atoms with Crippen LogP contribution in [0.4, 0.5) is 0 Å². The molecule has 0 aromatic rings. The maximum atomic E-state index is 10.9.